The van der Waals surface area contributed by atoms with Crippen molar-refractivity contribution in [1.82, 2.24) is 0 Å². The van der Waals surface area contributed by atoms with Gasteiger partial charge in [-0.15, -0.1) is 0 Å². The van der Waals surface area contributed by atoms with Crippen LogP contribution in [-0.2, 0) is 6.61 Å². The van der Waals surface area contributed by atoms with E-state index in [2.05, 4.69) is 0 Å². The second kappa shape index (κ2) is 5.84. The maximum Gasteiger partial charge on any atom is 0.338 e. The average Bonchev–Trinajstić information content (AvgIpc) is 2.37. The fourth-order valence-corrected chi connectivity index (χ4v) is 2.17. The highest BCUT2D eigenvalue weighted by Gasteiger charge is 2.14. The van der Waals surface area contributed by atoms with E-state index in [4.69, 9.17) is 22.1 Å². The Labute approximate surface area is 121 Å². The van der Waals surface area contributed by atoms with Gasteiger partial charge in [0.15, 0.2) is 0 Å². The Kier molecular flexibility index (Phi) is 4.15. The fraction of sp³-hybridized carbons (Fsp3) is 0.133. The quantitative estimate of drug-likeness (QED) is 0.846. The van der Waals surface area contributed by atoms with E-state index in [9.17, 15) is 9.90 Å². The van der Waals surface area contributed by atoms with Gasteiger partial charge in [-0.2, -0.15) is 0 Å². The van der Waals surface area contributed by atoms with Gasteiger partial charge in [0, 0.05) is 11.3 Å². The normalized spacial score (nSPS) is 10.3. The minimum atomic E-state index is -1.07. The van der Waals surface area contributed by atoms with Crippen LogP contribution < -0.4 is 10.5 Å². The lowest BCUT2D eigenvalue weighted by molar-refractivity contribution is 0.0695. The number of ether oxygens (including phenoxy) is 1. The van der Waals surface area contributed by atoms with E-state index in [0.717, 1.165) is 5.56 Å². The van der Waals surface area contributed by atoms with Crippen molar-refractivity contribution >= 4 is 23.3 Å². The molecule has 0 heterocycles. The molecule has 2 aromatic carbocycles. The van der Waals surface area contributed by atoms with Gasteiger partial charge in [0.1, 0.15) is 12.4 Å². The van der Waals surface area contributed by atoms with Crippen LogP contribution in [0, 0.1) is 6.92 Å². The molecule has 0 aliphatic rings. The van der Waals surface area contributed by atoms with E-state index < -0.39 is 5.97 Å². The first kappa shape index (κ1) is 14.2. The molecular weight excluding hydrogens is 278 g/mol. The van der Waals surface area contributed by atoms with Crippen molar-refractivity contribution in [2.75, 3.05) is 5.73 Å². The summed E-state index contributed by atoms with van der Waals surface area (Å²) in [6.07, 6.45) is 0. The number of carboxylic acid groups (broad SMARTS) is 1. The van der Waals surface area contributed by atoms with Crippen molar-refractivity contribution in [3.8, 4) is 5.75 Å². The first-order valence-corrected chi connectivity index (χ1v) is 6.36. The van der Waals surface area contributed by atoms with Crippen LogP contribution in [0.5, 0.6) is 5.75 Å². The Morgan fingerprint density at radius 3 is 2.75 bits per heavy atom. The summed E-state index contributed by atoms with van der Waals surface area (Å²) in [5.74, 6) is -0.562. The number of anilines is 1. The van der Waals surface area contributed by atoms with E-state index >= 15 is 0 Å². The molecule has 0 spiro atoms. The molecule has 2 aromatic rings. The Balaban J connectivity index is 2.23. The van der Waals surface area contributed by atoms with Gasteiger partial charge in [0.05, 0.1) is 10.6 Å². The first-order chi connectivity index (χ1) is 9.49. The second-order valence-corrected chi connectivity index (χ2v) is 4.82. The van der Waals surface area contributed by atoms with Crippen LogP contribution in [0.3, 0.4) is 0 Å². The summed E-state index contributed by atoms with van der Waals surface area (Å²) < 4.78 is 5.57. The Morgan fingerprint density at radius 2 is 2.10 bits per heavy atom. The number of benzene rings is 2. The van der Waals surface area contributed by atoms with Crippen molar-refractivity contribution in [2.24, 2.45) is 0 Å². The lowest BCUT2D eigenvalue weighted by atomic mass is 10.1. The van der Waals surface area contributed by atoms with Crippen LogP contribution in [0.2, 0.25) is 5.02 Å². The lowest BCUT2D eigenvalue weighted by Crippen LogP contribution is -2.09. The number of halogens is 1. The molecule has 0 amide bonds. The van der Waals surface area contributed by atoms with Crippen molar-refractivity contribution in [2.45, 2.75) is 13.5 Å². The van der Waals surface area contributed by atoms with Crippen LogP contribution >= 0.6 is 11.6 Å². The van der Waals surface area contributed by atoms with E-state index in [1.807, 2.05) is 13.0 Å². The zero-order valence-electron chi connectivity index (χ0n) is 10.9. The Hall–Kier alpha value is -2.20. The molecule has 0 radical (unpaired) electrons. The van der Waals surface area contributed by atoms with Gasteiger partial charge in [-0.3, -0.25) is 0 Å². The number of hydrogen-bond donors (Lipinski definition) is 2. The van der Waals surface area contributed by atoms with Gasteiger partial charge >= 0.3 is 5.97 Å². The molecule has 0 fully saturated rings. The highest BCUT2D eigenvalue weighted by Crippen LogP contribution is 2.27. The molecule has 0 aliphatic heterocycles. The molecule has 0 saturated heterocycles. The lowest BCUT2D eigenvalue weighted by Gasteiger charge is -2.11. The fourth-order valence-electron chi connectivity index (χ4n) is 1.88. The van der Waals surface area contributed by atoms with Crippen LogP contribution in [0.25, 0.3) is 0 Å². The summed E-state index contributed by atoms with van der Waals surface area (Å²) in [4.78, 5) is 11.2. The highest BCUT2D eigenvalue weighted by atomic mass is 35.5. The summed E-state index contributed by atoms with van der Waals surface area (Å²) in [6, 6.07) is 10.3. The van der Waals surface area contributed by atoms with E-state index in [-0.39, 0.29) is 17.9 Å². The number of aromatic carboxylic acids is 1. The third-order valence-corrected chi connectivity index (χ3v) is 3.16. The summed E-state index contributed by atoms with van der Waals surface area (Å²) in [5.41, 5.74) is 7.49. The third kappa shape index (κ3) is 3.03. The van der Waals surface area contributed by atoms with Gasteiger partial charge in [0.25, 0.3) is 0 Å². The van der Waals surface area contributed by atoms with Crippen molar-refractivity contribution in [1.29, 1.82) is 0 Å². The smallest absolute Gasteiger partial charge is 0.338 e. The molecule has 5 heteroatoms. The van der Waals surface area contributed by atoms with Crippen molar-refractivity contribution < 1.29 is 14.6 Å². The minimum absolute atomic E-state index is 0.0655. The van der Waals surface area contributed by atoms with Crippen LogP contribution in [0.4, 0.5) is 5.69 Å². The first-order valence-electron chi connectivity index (χ1n) is 5.98. The largest absolute Gasteiger partial charge is 0.487 e. The molecule has 0 saturated carbocycles. The number of carboxylic acids is 1. The highest BCUT2D eigenvalue weighted by molar-refractivity contribution is 6.32. The molecule has 0 aromatic heterocycles. The number of nitrogens with two attached hydrogens (primary N) is 1. The van der Waals surface area contributed by atoms with Gasteiger partial charge in [-0.1, -0.05) is 29.8 Å². The third-order valence-electron chi connectivity index (χ3n) is 2.87. The van der Waals surface area contributed by atoms with Crippen molar-refractivity contribution in [3.63, 3.8) is 0 Å². The monoisotopic (exact) mass is 291 g/mol. The summed E-state index contributed by atoms with van der Waals surface area (Å²) in [5, 5.41) is 9.66. The topological polar surface area (TPSA) is 72.5 Å². The molecule has 4 nitrogen and oxygen atoms in total. The van der Waals surface area contributed by atoms with E-state index in [1.165, 1.54) is 0 Å². The number of carbonyl (C=O) groups is 1. The summed E-state index contributed by atoms with van der Waals surface area (Å²) in [7, 11) is 0. The zero-order chi connectivity index (χ0) is 14.7. The SMILES string of the molecule is Cc1ccc(OCc2cccc(N)c2C(=O)O)c(Cl)c1. The van der Waals surface area contributed by atoms with E-state index in [1.54, 1.807) is 30.3 Å². The Morgan fingerprint density at radius 1 is 1.35 bits per heavy atom. The average molecular weight is 292 g/mol. The van der Waals surface area contributed by atoms with E-state index in [0.29, 0.717) is 16.3 Å². The molecule has 0 bridgehead atoms. The number of hydrogen-bond acceptors (Lipinski definition) is 3. The van der Waals surface area contributed by atoms with Gasteiger partial charge in [-0.05, 0) is 30.7 Å². The number of aryl methyl sites for hydroxylation is 1. The molecule has 20 heavy (non-hydrogen) atoms. The predicted molar refractivity (Wildman–Crippen MR) is 78.3 cm³/mol. The molecule has 0 atom stereocenters. The zero-order valence-corrected chi connectivity index (χ0v) is 11.6. The van der Waals surface area contributed by atoms with Crippen LogP contribution in [0.15, 0.2) is 36.4 Å². The number of rotatable bonds is 4. The van der Waals surface area contributed by atoms with Crippen molar-refractivity contribution in [3.05, 3.63) is 58.1 Å². The van der Waals surface area contributed by atoms with Crippen LogP contribution in [-0.4, -0.2) is 11.1 Å². The van der Waals surface area contributed by atoms with Gasteiger partial charge in [-0.25, -0.2) is 4.79 Å². The Bertz CT molecular complexity index is 656. The maximum absolute atomic E-state index is 11.2. The molecular formula is C15H14ClNO3. The summed E-state index contributed by atoms with van der Waals surface area (Å²) >= 11 is 6.06. The summed E-state index contributed by atoms with van der Waals surface area (Å²) in [6.45, 7) is 2.02. The molecule has 0 unspecified atom stereocenters. The molecule has 2 rings (SSSR count). The van der Waals surface area contributed by atoms with Crippen LogP contribution in [0.1, 0.15) is 21.5 Å². The second-order valence-electron chi connectivity index (χ2n) is 4.41. The standard InChI is InChI=1S/C15H14ClNO3/c1-9-5-6-13(11(16)7-9)20-8-10-3-2-4-12(17)14(10)15(18)19/h2-7H,8,17H2,1H3,(H,18,19). The van der Waals surface area contributed by atoms with Gasteiger partial charge < -0.3 is 15.6 Å². The molecule has 0 aliphatic carbocycles. The molecule has 3 N–H and O–H groups in total. The number of nitrogen functional groups attached to an aromatic ring is 1. The molecule has 104 valence electrons. The van der Waals surface area contributed by atoms with Gasteiger partial charge in [0.2, 0.25) is 0 Å². The maximum atomic E-state index is 11.2. The minimum Gasteiger partial charge on any atom is -0.487 e. The predicted octanol–water partition coefficient (Wildman–Crippen LogP) is 3.51.